The van der Waals surface area contributed by atoms with Crippen molar-refractivity contribution >= 4 is 77.5 Å². The average molecular weight is 1660 g/mol. The van der Waals surface area contributed by atoms with Crippen molar-refractivity contribution in [2.75, 3.05) is 79.1 Å². The van der Waals surface area contributed by atoms with Crippen LogP contribution >= 0.6 is 0 Å². The van der Waals surface area contributed by atoms with E-state index in [-0.39, 0.29) is 159 Å². The molecule has 2 bridgehead atoms. The van der Waals surface area contributed by atoms with Crippen molar-refractivity contribution < 1.29 is 95.5 Å². The van der Waals surface area contributed by atoms with E-state index in [1.807, 2.05) is 67.6 Å². The Labute approximate surface area is 700 Å². The van der Waals surface area contributed by atoms with Crippen LogP contribution in [-0.4, -0.2) is 239 Å². The third-order valence-corrected chi connectivity index (χ3v) is 18.9. The third-order valence-electron chi connectivity index (χ3n) is 18.9. The molecule has 2 aliphatic rings. The first-order valence-electron chi connectivity index (χ1n) is 42.0. The van der Waals surface area contributed by atoms with Crippen molar-refractivity contribution in [3.8, 4) is 0 Å². The first-order valence-corrected chi connectivity index (χ1v) is 42.0. The minimum Gasteiger partial charge on any atom is -0.467 e. The molecule has 2 aromatic carbocycles. The summed E-state index contributed by atoms with van der Waals surface area (Å²) < 4.78 is 39.8. The van der Waals surface area contributed by atoms with Crippen LogP contribution in [0.2, 0.25) is 0 Å². The smallest absolute Gasteiger partial charge is 0.410 e. The van der Waals surface area contributed by atoms with E-state index in [0.717, 1.165) is 36.8 Å². The SMILES string of the molecule is COC(=O)[C@H](CCCCNC(=O)CCCCCCCCC(=O)[C@@H](Cc1ccccc1)NC(=O)[C@H](CC(=O)CCCC(=O)CC12CN(C(=O)OC(C)(C)C)CCN(C(=O)OC(C)(C)C)CC(C)(CN(C(=O)OC(C)(C)C)CCN(C(=O)OC(C)(C)C)C1)NCCN2)Cc1ccccc1)NC(=O)N[C@@H](CCC(=O)OC(C)(C)C)C(=O)OC(C)(C)C. The van der Waals surface area contributed by atoms with Crippen molar-refractivity contribution in [2.24, 2.45) is 5.92 Å². The molecule has 2 heterocycles. The van der Waals surface area contributed by atoms with Crippen molar-refractivity contribution in [1.82, 2.24) is 51.5 Å². The molecule has 2 aromatic rings. The summed E-state index contributed by atoms with van der Waals surface area (Å²) in [6.45, 7) is 32.7. The molecule has 2 fully saturated rings. The molecule has 0 saturated carbocycles. The summed E-state index contributed by atoms with van der Waals surface area (Å²) in [5.74, 6) is -4.27. The van der Waals surface area contributed by atoms with Gasteiger partial charge in [0, 0.05) is 123 Å². The highest BCUT2D eigenvalue weighted by Gasteiger charge is 2.45. The van der Waals surface area contributed by atoms with Gasteiger partial charge in [0.25, 0.3) is 0 Å². The maximum Gasteiger partial charge on any atom is 0.410 e. The molecule has 4 atom stereocenters. The number of hydrogen-bond acceptors (Lipinski definition) is 22. The molecule has 664 valence electrons. The molecule has 30 heteroatoms. The Kier molecular flexibility index (Phi) is 40.5. The van der Waals surface area contributed by atoms with Gasteiger partial charge in [0.15, 0.2) is 5.78 Å². The van der Waals surface area contributed by atoms with Gasteiger partial charge in [-0.15, -0.1) is 0 Å². The van der Waals surface area contributed by atoms with Crippen LogP contribution in [0, 0.1) is 5.92 Å². The zero-order valence-electron chi connectivity index (χ0n) is 74.5. The minimum atomic E-state index is -1.47. The fraction of sp³-hybridized carbons (Fsp3) is 0.716. The van der Waals surface area contributed by atoms with Crippen LogP contribution in [0.15, 0.2) is 60.7 Å². The largest absolute Gasteiger partial charge is 0.467 e. The number of carbonyl (C=O) groups excluding carboxylic acids is 13. The lowest BCUT2D eigenvalue weighted by Gasteiger charge is -2.46. The number of nitrogens with zero attached hydrogens (tertiary/aromatic N) is 4. The summed E-state index contributed by atoms with van der Waals surface area (Å²) in [4.78, 5) is 187. The van der Waals surface area contributed by atoms with Gasteiger partial charge in [0.1, 0.15) is 57.3 Å². The Morgan fingerprint density at radius 3 is 1.31 bits per heavy atom. The predicted molar refractivity (Wildman–Crippen MR) is 448 cm³/mol. The number of ketones is 3. The topological polar surface area (TPSA) is 372 Å². The summed E-state index contributed by atoms with van der Waals surface area (Å²) in [6.07, 6.45) is 2.61. The fourth-order valence-electron chi connectivity index (χ4n) is 13.6. The molecule has 0 aliphatic carbocycles. The van der Waals surface area contributed by atoms with Crippen LogP contribution in [0.3, 0.4) is 0 Å². The second kappa shape index (κ2) is 47.2. The van der Waals surface area contributed by atoms with E-state index >= 15 is 4.79 Å². The van der Waals surface area contributed by atoms with Gasteiger partial charge in [0.05, 0.1) is 24.2 Å². The van der Waals surface area contributed by atoms with E-state index in [4.69, 9.17) is 33.2 Å². The van der Waals surface area contributed by atoms with Crippen LogP contribution in [0.1, 0.15) is 258 Å². The Hall–Kier alpha value is -8.93. The van der Waals surface area contributed by atoms with Crippen LogP contribution < -0.4 is 31.9 Å². The highest BCUT2D eigenvalue weighted by atomic mass is 16.6. The van der Waals surface area contributed by atoms with E-state index in [1.165, 1.54) is 26.7 Å². The Morgan fingerprint density at radius 1 is 0.424 bits per heavy atom. The van der Waals surface area contributed by atoms with Gasteiger partial charge in [-0.05, 0) is 200 Å². The van der Waals surface area contributed by atoms with Gasteiger partial charge >= 0.3 is 48.3 Å². The van der Waals surface area contributed by atoms with Crippen LogP contribution in [0.25, 0.3) is 0 Å². The molecule has 0 aromatic heterocycles. The second-order valence-corrected chi connectivity index (χ2v) is 37.6. The van der Waals surface area contributed by atoms with Crippen molar-refractivity contribution in [2.45, 2.75) is 323 Å². The number of nitrogens with one attached hydrogen (secondary N) is 6. The summed E-state index contributed by atoms with van der Waals surface area (Å²) in [6, 6.07) is 14.6. The van der Waals surface area contributed by atoms with E-state index in [1.54, 1.807) is 125 Å². The minimum absolute atomic E-state index is 0.00870. The number of ether oxygens (including phenoxy) is 7. The third kappa shape index (κ3) is 42.1. The Balaban J connectivity index is 1.45. The molecule has 2 aliphatic heterocycles. The summed E-state index contributed by atoms with van der Waals surface area (Å²) in [5.41, 5.74) is -6.34. The van der Waals surface area contributed by atoms with Gasteiger partial charge in [0.2, 0.25) is 11.8 Å². The van der Waals surface area contributed by atoms with Crippen molar-refractivity contribution in [3.05, 3.63) is 71.8 Å². The van der Waals surface area contributed by atoms with E-state index in [0.29, 0.717) is 38.6 Å². The number of hydrogen-bond donors (Lipinski definition) is 6. The van der Waals surface area contributed by atoms with Gasteiger partial charge in [-0.25, -0.2) is 33.6 Å². The van der Waals surface area contributed by atoms with Crippen LogP contribution in [0.4, 0.5) is 24.0 Å². The van der Waals surface area contributed by atoms with Gasteiger partial charge < -0.3 is 84.7 Å². The molecular formula is C88H142N10O20. The summed E-state index contributed by atoms with van der Waals surface area (Å²) in [5, 5.41) is 18.3. The van der Waals surface area contributed by atoms with E-state index in [9.17, 15) is 57.5 Å². The maximum absolute atomic E-state index is 15.0. The molecular weight excluding hydrogens is 1520 g/mol. The number of unbranched alkanes of at least 4 members (excludes halogenated alkanes) is 6. The maximum atomic E-state index is 15.0. The summed E-state index contributed by atoms with van der Waals surface area (Å²) in [7, 11) is 1.19. The highest BCUT2D eigenvalue weighted by molar-refractivity contribution is 5.93. The number of methoxy groups -OCH3 is 1. The number of urea groups is 1. The molecule has 0 radical (unpaired) electrons. The van der Waals surface area contributed by atoms with E-state index < -0.39 is 123 Å². The lowest BCUT2D eigenvalue weighted by atomic mass is 9.88. The van der Waals surface area contributed by atoms with Crippen molar-refractivity contribution in [3.63, 3.8) is 0 Å². The molecule has 118 heavy (non-hydrogen) atoms. The number of esters is 3. The standard InChI is InChI=1S/C88H142N10O20/c1-81(2,3)113-72(103)46-45-68(75(106)114-82(4,5)6)94-76(107)93-67(74(105)112-20)42-33-34-47-89-71(102)44-32-24-22-21-23-31-43-70(101)69(55-63-38-29-26-30-39-63)92-73(104)64(54-62-36-27-25-28-37-62)56-65(99)40-35-41-66(100)57-88-60-97(79(110)117-85(13,14)15)52-50-95(77(108)115-83(7,8)9)58-87(19,90-48-49-91-88)59-96(78(109)116-84(10,11)12)51-53-98(61-88)80(111)118-86(16,17)18/h25-30,36-39,64,67-69,90-91H,21-24,31-35,40-61H2,1-20H3,(H,89,102)(H,92,104)(H2,93,94,107)/t64-,67-,68-,69+,87?,88?/m0/s1. The average Bonchev–Trinajstić information content (AvgIpc) is 0.795. The molecule has 4 rings (SSSR count). The second-order valence-electron chi connectivity index (χ2n) is 37.6. The number of fused-ring (bicyclic) bond motifs is 5. The number of rotatable bonds is 36. The van der Waals surface area contributed by atoms with Crippen LogP contribution in [-0.2, 0) is 84.4 Å². The number of Topliss-reactive ketones (excluding diaryl/α,β-unsaturated/α-hetero) is 3. The number of amides is 8. The quantitative estimate of drug-likeness (QED) is 0.0210. The Morgan fingerprint density at radius 2 is 0.847 bits per heavy atom. The number of benzene rings is 2. The molecule has 0 unspecified atom stereocenters. The predicted octanol–water partition coefficient (Wildman–Crippen LogP) is 12.0. The zero-order valence-corrected chi connectivity index (χ0v) is 74.5. The molecule has 8 amide bonds. The summed E-state index contributed by atoms with van der Waals surface area (Å²) >= 11 is 0. The van der Waals surface area contributed by atoms with Gasteiger partial charge in [-0.3, -0.25) is 28.8 Å². The molecule has 6 N–H and O–H groups in total. The first-order chi connectivity index (χ1) is 54.8. The fourth-order valence-corrected chi connectivity index (χ4v) is 13.6. The Bertz CT molecular complexity index is 3510. The molecule has 30 nitrogen and oxygen atoms in total. The van der Waals surface area contributed by atoms with Crippen molar-refractivity contribution in [1.29, 1.82) is 0 Å². The number of carbonyl (C=O) groups is 13. The lowest BCUT2D eigenvalue weighted by molar-refractivity contribution is -0.158. The molecule has 2 saturated heterocycles. The van der Waals surface area contributed by atoms with Gasteiger partial charge in [-0.2, -0.15) is 0 Å². The van der Waals surface area contributed by atoms with Crippen LogP contribution in [0.5, 0.6) is 0 Å². The zero-order chi connectivity index (χ0) is 88.5. The normalized spacial score (nSPS) is 17.8. The highest BCUT2D eigenvalue weighted by Crippen LogP contribution is 2.28. The monoisotopic (exact) mass is 1660 g/mol. The lowest BCUT2D eigenvalue weighted by Crippen LogP contribution is -2.67. The first kappa shape index (κ1) is 101. The molecule has 0 spiro atoms. The van der Waals surface area contributed by atoms with E-state index in [2.05, 4.69) is 31.9 Å². The van der Waals surface area contributed by atoms with Gasteiger partial charge in [-0.1, -0.05) is 86.3 Å².